The summed E-state index contributed by atoms with van der Waals surface area (Å²) >= 11 is 0. The molecule has 28 heavy (non-hydrogen) atoms. The van der Waals surface area contributed by atoms with Crippen LogP contribution in [0.4, 0.5) is 0 Å². The zero-order valence-electron chi connectivity index (χ0n) is 16.3. The van der Waals surface area contributed by atoms with Crippen LogP contribution >= 0.6 is 0 Å². The first kappa shape index (κ1) is 18.8. The Hall–Kier alpha value is -2.57. The van der Waals surface area contributed by atoms with Gasteiger partial charge in [0.1, 0.15) is 5.75 Å². The van der Waals surface area contributed by atoms with Gasteiger partial charge in [-0.05, 0) is 55.7 Å². The van der Waals surface area contributed by atoms with Crippen LogP contribution in [-0.4, -0.2) is 37.9 Å². The lowest BCUT2D eigenvalue weighted by molar-refractivity contribution is 0.415. The van der Waals surface area contributed by atoms with Crippen LogP contribution in [0.25, 0.3) is 16.5 Å². The summed E-state index contributed by atoms with van der Waals surface area (Å²) in [4.78, 5) is 3.68. The maximum atomic E-state index is 13.1. The molecule has 0 amide bonds. The summed E-state index contributed by atoms with van der Waals surface area (Å²) in [7, 11) is -1.84. The molecule has 3 aromatic rings. The molecule has 0 bridgehead atoms. The molecule has 0 spiro atoms. The minimum absolute atomic E-state index is 0.377. The highest BCUT2D eigenvalue weighted by Gasteiger charge is 2.28. The molecule has 0 saturated heterocycles. The number of aryl methyl sites for hydroxylation is 2. The van der Waals surface area contributed by atoms with Crippen LogP contribution in [0, 0.1) is 13.8 Å². The smallest absolute Gasteiger partial charge is 0.243 e. The van der Waals surface area contributed by atoms with Crippen LogP contribution in [0.1, 0.15) is 23.1 Å². The fourth-order valence-electron chi connectivity index (χ4n) is 3.83. The number of H-pyrrole nitrogens is 1. The van der Waals surface area contributed by atoms with E-state index >= 15 is 0 Å². The minimum Gasteiger partial charge on any atom is -0.497 e. The normalized spacial score (nSPS) is 15.6. The number of nitrogens with one attached hydrogen (secondary N) is 1. The molecule has 1 N–H and O–H groups in total. The standard InChI is InChI=1S/C22H24N2O3S/c1-15-4-7-22(16(2)12-15)28(25,26)24-10-8-17(9-11-24)20-14-23-21-6-5-18(27-3)13-19(20)21/h4-8,12-14,23H,9-11H2,1-3H3. The lowest BCUT2D eigenvalue weighted by Gasteiger charge is -2.26. The predicted octanol–water partition coefficient (Wildman–Crippen LogP) is 4.27. The molecule has 1 aliphatic heterocycles. The number of ether oxygens (including phenoxy) is 1. The molecule has 6 heteroatoms. The molecular formula is C22H24N2O3S. The van der Waals surface area contributed by atoms with E-state index in [0.29, 0.717) is 24.4 Å². The van der Waals surface area contributed by atoms with Crippen LogP contribution in [0.15, 0.2) is 53.6 Å². The van der Waals surface area contributed by atoms with E-state index in [1.165, 1.54) is 0 Å². The summed E-state index contributed by atoms with van der Waals surface area (Å²) in [6, 6.07) is 11.4. The number of methoxy groups -OCH3 is 1. The topological polar surface area (TPSA) is 62.4 Å². The van der Waals surface area contributed by atoms with Gasteiger partial charge < -0.3 is 9.72 Å². The van der Waals surface area contributed by atoms with Gasteiger partial charge in [-0.25, -0.2) is 8.42 Å². The Morgan fingerprint density at radius 3 is 2.61 bits per heavy atom. The Labute approximate surface area is 165 Å². The molecule has 2 aromatic carbocycles. The Bertz CT molecular complexity index is 1180. The summed E-state index contributed by atoms with van der Waals surface area (Å²) in [5.41, 5.74) is 5.16. The Balaban J connectivity index is 1.63. The number of benzene rings is 2. The number of aromatic amines is 1. The second kappa shape index (κ2) is 7.11. The maximum absolute atomic E-state index is 13.1. The first-order chi connectivity index (χ1) is 13.4. The number of nitrogens with zero attached hydrogens (tertiary/aromatic N) is 1. The first-order valence-corrected chi connectivity index (χ1v) is 10.8. The summed E-state index contributed by atoms with van der Waals surface area (Å²) in [5, 5.41) is 1.09. The van der Waals surface area contributed by atoms with Crippen molar-refractivity contribution in [2.24, 2.45) is 0 Å². The number of hydrogen-bond donors (Lipinski definition) is 1. The van der Waals surface area contributed by atoms with E-state index in [1.807, 2.05) is 56.5 Å². The van der Waals surface area contributed by atoms with Crippen LogP contribution < -0.4 is 4.74 Å². The van der Waals surface area contributed by atoms with Crippen LogP contribution in [0.2, 0.25) is 0 Å². The quantitative estimate of drug-likeness (QED) is 0.716. The molecule has 0 fully saturated rings. The average Bonchev–Trinajstić information content (AvgIpc) is 3.10. The van der Waals surface area contributed by atoms with Gasteiger partial charge in [0.25, 0.3) is 0 Å². The van der Waals surface area contributed by atoms with Gasteiger partial charge in [-0.15, -0.1) is 0 Å². The Kier molecular flexibility index (Phi) is 4.77. The zero-order valence-corrected chi connectivity index (χ0v) is 17.1. The summed E-state index contributed by atoms with van der Waals surface area (Å²) in [6.45, 7) is 4.67. The van der Waals surface area contributed by atoms with Crippen molar-refractivity contribution in [3.05, 3.63) is 65.4 Å². The number of sulfonamides is 1. The van der Waals surface area contributed by atoms with Crippen molar-refractivity contribution >= 4 is 26.5 Å². The highest BCUT2D eigenvalue weighted by Crippen LogP contribution is 2.33. The van der Waals surface area contributed by atoms with Crippen molar-refractivity contribution in [1.29, 1.82) is 0 Å². The summed E-state index contributed by atoms with van der Waals surface area (Å²) < 4.78 is 33.1. The molecule has 0 unspecified atom stereocenters. The Morgan fingerprint density at radius 1 is 1.11 bits per heavy atom. The molecule has 4 rings (SSSR count). The molecule has 0 atom stereocenters. The molecule has 1 aromatic heterocycles. The van der Waals surface area contributed by atoms with E-state index in [0.717, 1.165) is 38.9 Å². The van der Waals surface area contributed by atoms with Crippen molar-refractivity contribution in [3.63, 3.8) is 0 Å². The molecule has 146 valence electrons. The minimum atomic E-state index is -3.49. The number of rotatable bonds is 4. The fourth-order valence-corrected chi connectivity index (χ4v) is 5.42. The van der Waals surface area contributed by atoms with Gasteiger partial charge in [-0.1, -0.05) is 23.8 Å². The SMILES string of the molecule is COc1ccc2[nH]cc(C3=CCN(S(=O)(=O)c4ccc(C)cc4C)CC3)c2c1. The zero-order chi connectivity index (χ0) is 19.9. The lowest BCUT2D eigenvalue weighted by atomic mass is 9.99. The van der Waals surface area contributed by atoms with E-state index < -0.39 is 10.0 Å². The second-order valence-electron chi connectivity index (χ2n) is 7.23. The monoisotopic (exact) mass is 396 g/mol. The number of aromatic nitrogens is 1. The van der Waals surface area contributed by atoms with Crippen molar-refractivity contribution < 1.29 is 13.2 Å². The van der Waals surface area contributed by atoms with Gasteiger partial charge >= 0.3 is 0 Å². The van der Waals surface area contributed by atoms with Gasteiger partial charge in [0.15, 0.2) is 0 Å². The van der Waals surface area contributed by atoms with Crippen molar-refractivity contribution in [1.82, 2.24) is 9.29 Å². The summed E-state index contributed by atoms with van der Waals surface area (Å²) in [6.07, 6.45) is 4.69. The predicted molar refractivity (Wildman–Crippen MR) is 112 cm³/mol. The van der Waals surface area contributed by atoms with Crippen LogP contribution in [0.5, 0.6) is 5.75 Å². The van der Waals surface area contributed by atoms with Gasteiger partial charge in [-0.3, -0.25) is 0 Å². The third-order valence-corrected chi connectivity index (χ3v) is 7.38. The first-order valence-electron chi connectivity index (χ1n) is 9.32. The molecular weight excluding hydrogens is 372 g/mol. The van der Waals surface area contributed by atoms with Gasteiger partial charge in [0, 0.05) is 35.8 Å². The highest BCUT2D eigenvalue weighted by atomic mass is 32.2. The Morgan fingerprint density at radius 2 is 1.93 bits per heavy atom. The summed E-state index contributed by atoms with van der Waals surface area (Å²) in [5.74, 6) is 0.809. The maximum Gasteiger partial charge on any atom is 0.243 e. The number of fused-ring (bicyclic) bond motifs is 1. The molecule has 1 aliphatic rings. The van der Waals surface area contributed by atoms with Gasteiger partial charge in [-0.2, -0.15) is 4.31 Å². The van der Waals surface area contributed by atoms with E-state index in [4.69, 9.17) is 4.74 Å². The van der Waals surface area contributed by atoms with Crippen LogP contribution in [0.3, 0.4) is 0 Å². The van der Waals surface area contributed by atoms with Crippen molar-refractivity contribution in [2.75, 3.05) is 20.2 Å². The van der Waals surface area contributed by atoms with E-state index in [9.17, 15) is 8.42 Å². The van der Waals surface area contributed by atoms with Crippen molar-refractivity contribution in [2.45, 2.75) is 25.2 Å². The molecule has 5 nitrogen and oxygen atoms in total. The van der Waals surface area contributed by atoms with E-state index in [-0.39, 0.29) is 0 Å². The molecule has 0 saturated carbocycles. The van der Waals surface area contributed by atoms with E-state index in [2.05, 4.69) is 4.98 Å². The molecule has 2 heterocycles. The highest BCUT2D eigenvalue weighted by molar-refractivity contribution is 7.89. The van der Waals surface area contributed by atoms with E-state index in [1.54, 1.807) is 17.5 Å². The largest absolute Gasteiger partial charge is 0.497 e. The van der Waals surface area contributed by atoms with Crippen LogP contribution in [-0.2, 0) is 10.0 Å². The fraction of sp³-hybridized carbons (Fsp3) is 0.273. The third kappa shape index (κ3) is 3.23. The molecule has 0 radical (unpaired) electrons. The van der Waals surface area contributed by atoms with Gasteiger partial charge in [0.05, 0.1) is 12.0 Å². The average molecular weight is 397 g/mol. The number of hydrogen-bond acceptors (Lipinski definition) is 3. The van der Waals surface area contributed by atoms with Gasteiger partial charge in [0.2, 0.25) is 10.0 Å². The lowest BCUT2D eigenvalue weighted by Crippen LogP contribution is -2.35. The second-order valence-corrected chi connectivity index (χ2v) is 9.13. The third-order valence-electron chi connectivity index (χ3n) is 5.35. The molecule has 0 aliphatic carbocycles. The van der Waals surface area contributed by atoms with Crippen molar-refractivity contribution in [3.8, 4) is 5.75 Å².